The van der Waals surface area contributed by atoms with E-state index >= 15 is 0 Å². The number of nitrogens with zero attached hydrogens (tertiary/aromatic N) is 1. The van der Waals surface area contributed by atoms with E-state index in [2.05, 4.69) is 10.6 Å². The lowest BCUT2D eigenvalue weighted by atomic mass is 10.0. The second kappa shape index (κ2) is 10.2. The van der Waals surface area contributed by atoms with Crippen LogP contribution in [0.15, 0.2) is 24.3 Å². The van der Waals surface area contributed by atoms with Crippen molar-refractivity contribution in [3.05, 3.63) is 35.4 Å². The summed E-state index contributed by atoms with van der Waals surface area (Å²) >= 11 is 0. The Morgan fingerprint density at radius 3 is 2.19 bits per heavy atom. The molecule has 1 rings (SSSR count). The number of carbonyl (C=O) groups excluding carboxylic acids is 3. The lowest BCUT2D eigenvalue weighted by Crippen LogP contribution is -2.52. The topological polar surface area (TPSA) is 108 Å². The van der Waals surface area contributed by atoms with Crippen LogP contribution in [0, 0.1) is 17.2 Å². The van der Waals surface area contributed by atoms with Gasteiger partial charge in [0.1, 0.15) is 12.1 Å². The molecule has 140 valence electrons. The SMILES string of the molecule is COC(=O)[C@H](Cc1ccc(C#N)cc1)NC(=O)[C@H](CC(C)C)NC(C)=O. The van der Waals surface area contributed by atoms with Gasteiger partial charge in [0.2, 0.25) is 11.8 Å². The Bertz CT molecular complexity index is 677. The van der Waals surface area contributed by atoms with Crippen molar-refractivity contribution in [3.8, 4) is 6.07 Å². The minimum Gasteiger partial charge on any atom is -0.467 e. The van der Waals surface area contributed by atoms with Crippen LogP contribution < -0.4 is 10.6 Å². The first-order chi connectivity index (χ1) is 12.3. The lowest BCUT2D eigenvalue weighted by molar-refractivity contribution is -0.145. The summed E-state index contributed by atoms with van der Waals surface area (Å²) in [5, 5.41) is 14.1. The van der Waals surface area contributed by atoms with Gasteiger partial charge in [0, 0.05) is 13.3 Å². The fraction of sp³-hybridized carbons (Fsp3) is 0.474. The number of rotatable bonds is 8. The van der Waals surface area contributed by atoms with Gasteiger partial charge in [-0.1, -0.05) is 26.0 Å². The van der Waals surface area contributed by atoms with E-state index in [1.54, 1.807) is 24.3 Å². The zero-order valence-electron chi connectivity index (χ0n) is 15.5. The van der Waals surface area contributed by atoms with E-state index in [4.69, 9.17) is 10.00 Å². The second-order valence-electron chi connectivity index (χ2n) is 6.48. The normalized spacial score (nSPS) is 12.6. The number of benzene rings is 1. The van der Waals surface area contributed by atoms with Gasteiger partial charge in [0.25, 0.3) is 0 Å². The molecule has 2 atom stereocenters. The molecule has 7 heteroatoms. The number of hydrogen-bond acceptors (Lipinski definition) is 5. The summed E-state index contributed by atoms with van der Waals surface area (Å²) in [6.45, 7) is 5.22. The Balaban J connectivity index is 2.90. The maximum atomic E-state index is 12.6. The first-order valence-corrected chi connectivity index (χ1v) is 8.41. The average Bonchev–Trinajstić information content (AvgIpc) is 2.59. The number of methoxy groups -OCH3 is 1. The van der Waals surface area contributed by atoms with Crippen molar-refractivity contribution in [2.24, 2.45) is 5.92 Å². The van der Waals surface area contributed by atoms with Crippen LogP contribution in [0.4, 0.5) is 0 Å². The van der Waals surface area contributed by atoms with Crippen LogP contribution in [0.1, 0.15) is 38.3 Å². The summed E-state index contributed by atoms with van der Waals surface area (Å²) in [5.41, 5.74) is 1.29. The summed E-state index contributed by atoms with van der Waals surface area (Å²) in [5.74, 6) is -1.13. The Morgan fingerprint density at radius 1 is 1.12 bits per heavy atom. The van der Waals surface area contributed by atoms with E-state index < -0.39 is 24.0 Å². The van der Waals surface area contributed by atoms with E-state index in [0.717, 1.165) is 5.56 Å². The van der Waals surface area contributed by atoms with Crippen molar-refractivity contribution in [1.29, 1.82) is 5.26 Å². The number of ether oxygens (including phenoxy) is 1. The molecular weight excluding hydrogens is 334 g/mol. The molecule has 0 fully saturated rings. The van der Waals surface area contributed by atoms with Crippen molar-refractivity contribution in [2.75, 3.05) is 7.11 Å². The lowest BCUT2D eigenvalue weighted by Gasteiger charge is -2.23. The quantitative estimate of drug-likeness (QED) is 0.680. The molecule has 0 radical (unpaired) electrons. The van der Waals surface area contributed by atoms with E-state index in [1.807, 2.05) is 19.9 Å². The number of carbonyl (C=O) groups is 3. The third-order valence-electron chi connectivity index (χ3n) is 3.73. The van der Waals surface area contributed by atoms with Crippen molar-refractivity contribution >= 4 is 17.8 Å². The Morgan fingerprint density at radius 2 is 1.73 bits per heavy atom. The summed E-state index contributed by atoms with van der Waals surface area (Å²) in [4.78, 5) is 36.0. The van der Waals surface area contributed by atoms with Gasteiger partial charge in [0.15, 0.2) is 0 Å². The van der Waals surface area contributed by atoms with Crippen molar-refractivity contribution in [1.82, 2.24) is 10.6 Å². The molecule has 1 aromatic rings. The van der Waals surface area contributed by atoms with Crippen molar-refractivity contribution in [3.63, 3.8) is 0 Å². The highest BCUT2D eigenvalue weighted by molar-refractivity contribution is 5.90. The van der Waals surface area contributed by atoms with Crippen LogP contribution in [0.25, 0.3) is 0 Å². The van der Waals surface area contributed by atoms with Crippen LogP contribution in [0.2, 0.25) is 0 Å². The van der Waals surface area contributed by atoms with E-state index in [-0.39, 0.29) is 18.2 Å². The number of hydrogen-bond donors (Lipinski definition) is 2. The van der Waals surface area contributed by atoms with Crippen LogP contribution in [0.3, 0.4) is 0 Å². The minimum atomic E-state index is -0.885. The molecule has 1 aromatic carbocycles. The van der Waals surface area contributed by atoms with Gasteiger partial charge in [-0.3, -0.25) is 9.59 Å². The third-order valence-corrected chi connectivity index (χ3v) is 3.73. The van der Waals surface area contributed by atoms with Crippen molar-refractivity contribution in [2.45, 2.75) is 45.7 Å². The highest BCUT2D eigenvalue weighted by Crippen LogP contribution is 2.09. The van der Waals surface area contributed by atoms with E-state index in [0.29, 0.717) is 12.0 Å². The van der Waals surface area contributed by atoms with E-state index in [1.165, 1.54) is 14.0 Å². The van der Waals surface area contributed by atoms with E-state index in [9.17, 15) is 14.4 Å². The smallest absolute Gasteiger partial charge is 0.328 e. The first kappa shape index (κ1) is 21.2. The molecule has 0 aliphatic carbocycles. The maximum absolute atomic E-state index is 12.6. The Hall–Kier alpha value is -2.88. The molecule has 26 heavy (non-hydrogen) atoms. The number of amides is 2. The van der Waals surface area contributed by atoms with Crippen LogP contribution >= 0.6 is 0 Å². The molecule has 2 N–H and O–H groups in total. The van der Waals surface area contributed by atoms with Crippen LogP contribution in [-0.2, 0) is 25.5 Å². The highest BCUT2D eigenvalue weighted by Gasteiger charge is 2.27. The van der Waals surface area contributed by atoms with Gasteiger partial charge in [-0.05, 0) is 30.0 Å². The van der Waals surface area contributed by atoms with Gasteiger partial charge in [-0.2, -0.15) is 5.26 Å². The summed E-state index contributed by atoms with van der Waals surface area (Å²) in [6.07, 6.45) is 0.675. The van der Waals surface area contributed by atoms with Crippen molar-refractivity contribution < 1.29 is 19.1 Å². The fourth-order valence-electron chi connectivity index (χ4n) is 2.51. The molecule has 0 aromatic heterocycles. The largest absolute Gasteiger partial charge is 0.467 e. The van der Waals surface area contributed by atoms with Gasteiger partial charge in [-0.15, -0.1) is 0 Å². The molecule has 2 amide bonds. The minimum absolute atomic E-state index is 0.188. The Kier molecular flexibility index (Phi) is 8.29. The summed E-state index contributed by atoms with van der Waals surface area (Å²) in [6, 6.07) is 7.15. The number of nitriles is 1. The number of nitrogens with one attached hydrogen (secondary N) is 2. The summed E-state index contributed by atoms with van der Waals surface area (Å²) < 4.78 is 4.78. The van der Waals surface area contributed by atoms with Crippen LogP contribution in [-0.4, -0.2) is 37.0 Å². The third kappa shape index (κ3) is 6.93. The molecule has 0 saturated heterocycles. The Labute approximate surface area is 153 Å². The molecular formula is C19H25N3O4. The molecule has 0 spiro atoms. The standard InChI is InChI=1S/C19H25N3O4/c1-12(2)9-16(21-13(3)23)18(24)22-17(19(25)26-4)10-14-5-7-15(11-20)8-6-14/h5-8,12,16-17H,9-10H2,1-4H3,(H,21,23)(H,22,24)/t16-,17-/m0/s1. The summed E-state index contributed by atoms with van der Waals surface area (Å²) in [7, 11) is 1.25. The highest BCUT2D eigenvalue weighted by atomic mass is 16.5. The molecule has 0 bridgehead atoms. The van der Waals surface area contributed by atoms with Crippen LogP contribution in [0.5, 0.6) is 0 Å². The predicted molar refractivity (Wildman–Crippen MR) is 95.9 cm³/mol. The molecule has 0 saturated carbocycles. The zero-order chi connectivity index (χ0) is 19.7. The first-order valence-electron chi connectivity index (χ1n) is 8.41. The van der Waals surface area contributed by atoms with Gasteiger partial charge in [-0.25, -0.2) is 4.79 Å². The average molecular weight is 359 g/mol. The molecule has 7 nitrogen and oxygen atoms in total. The zero-order valence-corrected chi connectivity index (χ0v) is 15.5. The fourth-order valence-corrected chi connectivity index (χ4v) is 2.51. The molecule has 0 aliphatic rings. The molecule has 0 heterocycles. The molecule has 0 aliphatic heterocycles. The monoisotopic (exact) mass is 359 g/mol. The number of esters is 1. The molecule has 0 unspecified atom stereocenters. The maximum Gasteiger partial charge on any atom is 0.328 e. The van der Waals surface area contributed by atoms with Gasteiger partial charge < -0.3 is 15.4 Å². The van der Waals surface area contributed by atoms with Gasteiger partial charge in [0.05, 0.1) is 18.7 Å². The predicted octanol–water partition coefficient (Wildman–Crippen LogP) is 1.31. The second-order valence-corrected chi connectivity index (χ2v) is 6.48. The van der Waals surface area contributed by atoms with Gasteiger partial charge >= 0.3 is 5.97 Å².